The van der Waals surface area contributed by atoms with Gasteiger partial charge in [-0.05, 0) is 14.9 Å². The van der Waals surface area contributed by atoms with E-state index in [0.29, 0.717) is 0 Å². The van der Waals surface area contributed by atoms with Gasteiger partial charge in [-0.25, -0.2) is 0 Å². The Morgan fingerprint density at radius 3 is 1.26 bits per heavy atom. The Labute approximate surface area is 102 Å². The molecule has 0 aliphatic carbocycles. The molecule has 0 spiro atoms. The minimum absolute atomic E-state index is 1.06. The molecule has 15 heteroatoms. The van der Waals surface area contributed by atoms with Crippen molar-refractivity contribution in [1.82, 2.24) is 24.9 Å². The molecular formula is C4H8N6O9. The molecule has 19 heavy (non-hydrogen) atoms. The van der Waals surface area contributed by atoms with Crippen LogP contribution in [0.5, 0.6) is 0 Å². The first-order chi connectivity index (χ1) is 8.24. The fourth-order valence-electron chi connectivity index (χ4n) is 1.11. The van der Waals surface area contributed by atoms with Gasteiger partial charge in [0.15, 0.2) is 0 Å². The quantitative estimate of drug-likeness (QED) is 0.255. The minimum Gasteiger partial charge on any atom is -0.559 e. The summed E-state index contributed by atoms with van der Waals surface area (Å²) in [6.07, 6.45) is 0. The van der Waals surface area contributed by atoms with Crippen LogP contribution < -0.4 is 20.7 Å². The van der Waals surface area contributed by atoms with Gasteiger partial charge in [0, 0.05) is 0 Å². The van der Waals surface area contributed by atoms with Gasteiger partial charge in [-0.3, -0.25) is 0 Å². The van der Waals surface area contributed by atoms with Gasteiger partial charge in [0.25, 0.3) is 0 Å². The normalized spacial score (nSPS) is 13.7. The van der Waals surface area contributed by atoms with Crippen LogP contribution in [0.4, 0.5) is 23.3 Å². The zero-order chi connectivity index (χ0) is 15.2. The summed E-state index contributed by atoms with van der Waals surface area (Å²) in [6.45, 7) is 0. The molecule has 1 rings (SSSR count). The second-order valence-electron chi connectivity index (χ2n) is 3.21. The highest BCUT2D eigenvalue weighted by Gasteiger charge is 2.46. The number of hydrogen-bond acceptors (Lipinski definition) is 12. The number of rotatable bonds is 3. The van der Waals surface area contributed by atoms with Crippen molar-refractivity contribution in [3.8, 4) is 0 Å². The third kappa shape index (κ3) is 3.24. The van der Waals surface area contributed by atoms with Crippen molar-refractivity contribution < 1.29 is 31.2 Å². The molecule has 0 bridgehead atoms. The van der Waals surface area contributed by atoms with Crippen LogP contribution in [-0.4, -0.2) is 41.2 Å². The van der Waals surface area contributed by atoms with Crippen molar-refractivity contribution in [2.24, 2.45) is 0 Å². The molecule has 1 heterocycles. The van der Waals surface area contributed by atoms with Crippen LogP contribution in [0.1, 0.15) is 0 Å². The van der Waals surface area contributed by atoms with E-state index in [1.165, 1.54) is 0 Å². The molecule has 8 N–H and O–H groups in total. The molecule has 1 aromatic heterocycles. The summed E-state index contributed by atoms with van der Waals surface area (Å²) in [6, 6.07) is 0. The van der Waals surface area contributed by atoms with Crippen LogP contribution in [0.15, 0.2) is 0 Å². The first kappa shape index (κ1) is 15.5. The molecule has 15 nitrogen and oxygen atoms in total. The predicted octanol–water partition coefficient (Wildman–Crippen LogP) is -1.19. The van der Waals surface area contributed by atoms with Crippen molar-refractivity contribution >= 4 is 23.3 Å². The highest BCUT2D eigenvalue weighted by Crippen LogP contribution is 2.40. The molecule has 0 saturated heterocycles. The SMILES string of the molecule is Nc1nc([N+]([O-])(O)O)c([N+]([O-])(O)O)c([N+]([O-])(O)O)n1. The van der Waals surface area contributed by atoms with E-state index in [0.717, 1.165) is 0 Å². The van der Waals surface area contributed by atoms with Crippen molar-refractivity contribution in [2.75, 3.05) is 5.73 Å². The number of nitrogens with zero attached hydrogens (tertiary/aromatic N) is 5. The topological polar surface area (TPSA) is 242 Å². The second kappa shape index (κ2) is 4.21. The summed E-state index contributed by atoms with van der Waals surface area (Å²) in [5.74, 6) is -4.70. The van der Waals surface area contributed by atoms with Gasteiger partial charge in [-0.2, -0.15) is 31.2 Å². The fraction of sp³-hybridized carbons (Fsp3) is 0. The van der Waals surface area contributed by atoms with Crippen molar-refractivity contribution in [3.05, 3.63) is 15.6 Å². The van der Waals surface area contributed by atoms with Gasteiger partial charge < -0.3 is 21.4 Å². The summed E-state index contributed by atoms with van der Waals surface area (Å²) >= 11 is 0. The number of nitrogens with two attached hydrogens (primary N) is 1. The van der Waals surface area contributed by atoms with Gasteiger partial charge in [-0.15, -0.1) is 9.97 Å². The van der Waals surface area contributed by atoms with Gasteiger partial charge in [0.2, 0.25) is 5.95 Å². The van der Waals surface area contributed by atoms with E-state index >= 15 is 0 Å². The summed E-state index contributed by atoms with van der Waals surface area (Å²) in [4.78, 5) is -5.05. The van der Waals surface area contributed by atoms with Crippen molar-refractivity contribution in [1.29, 1.82) is 0 Å². The third-order valence-corrected chi connectivity index (χ3v) is 1.71. The monoisotopic (exact) mass is 284 g/mol. The number of anilines is 1. The van der Waals surface area contributed by atoms with Gasteiger partial charge in [0.05, 0.1) is 0 Å². The first-order valence-electron chi connectivity index (χ1n) is 4.10. The summed E-state index contributed by atoms with van der Waals surface area (Å²) in [5, 5.41) is 84.9. The molecule has 0 saturated carbocycles. The number of aromatic nitrogens is 2. The molecule has 0 unspecified atom stereocenters. The van der Waals surface area contributed by atoms with Crippen molar-refractivity contribution in [3.63, 3.8) is 0 Å². The standard InChI is InChI=1S/C4H8N6O9/c5-4-6-2(9(14,15)16)1(8(11,12)13)3(7-4)10(17,18)19/h11-12,14-15,17-18H,(H2,5,6,7). The molecular weight excluding hydrogens is 276 g/mol. The fourth-order valence-corrected chi connectivity index (χ4v) is 1.11. The Hall–Kier alpha value is -1.60. The smallest absolute Gasteiger partial charge is 0.377 e. The molecule has 0 atom stereocenters. The maximum Gasteiger partial charge on any atom is 0.377 e. The van der Waals surface area contributed by atoms with Crippen molar-refractivity contribution in [2.45, 2.75) is 0 Å². The Kier molecular flexibility index (Phi) is 3.42. The van der Waals surface area contributed by atoms with E-state index in [4.69, 9.17) is 37.0 Å². The van der Waals surface area contributed by atoms with Crippen LogP contribution in [0.3, 0.4) is 0 Å². The van der Waals surface area contributed by atoms with Crippen LogP contribution >= 0.6 is 0 Å². The summed E-state index contributed by atoms with van der Waals surface area (Å²) < 4.78 is 0. The predicted molar refractivity (Wildman–Crippen MR) is 52.6 cm³/mol. The van der Waals surface area contributed by atoms with Crippen LogP contribution in [0.25, 0.3) is 0 Å². The lowest BCUT2D eigenvalue weighted by Gasteiger charge is -2.31. The first-order valence-corrected chi connectivity index (χ1v) is 4.10. The highest BCUT2D eigenvalue weighted by molar-refractivity contribution is 5.73. The second-order valence-corrected chi connectivity index (χ2v) is 3.21. The molecule has 0 aromatic carbocycles. The van der Waals surface area contributed by atoms with E-state index in [-0.39, 0.29) is 0 Å². The van der Waals surface area contributed by atoms with Gasteiger partial charge in [0.1, 0.15) is 0 Å². The number of nitrogen functional groups attached to an aromatic ring is 1. The number of hydrogen-bond donors (Lipinski definition) is 7. The Morgan fingerprint density at radius 1 is 0.737 bits per heavy atom. The Balaban J connectivity index is 3.80. The van der Waals surface area contributed by atoms with E-state index in [1.54, 1.807) is 0 Å². The lowest BCUT2D eigenvalue weighted by molar-refractivity contribution is -0.280. The van der Waals surface area contributed by atoms with Crippen LogP contribution in [0.2, 0.25) is 0 Å². The zero-order valence-corrected chi connectivity index (χ0v) is 8.72. The molecule has 1 aromatic rings. The maximum atomic E-state index is 10.9. The average Bonchev–Trinajstić information content (AvgIpc) is 2.11. The van der Waals surface area contributed by atoms with Gasteiger partial charge >= 0.3 is 17.3 Å². The van der Waals surface area contributed by atoms with E-state index < -0.39 is 38.2 Å². The molecule has 0 aliphatic rings. The lowest BCUT2D eigenvalue weighted by atomic mass is 10.4. The molecule has 0 radical (unpaired) electrons. The highest BCUT2D eigenvalue weighted by atomic mass is 17.1. The molecule has 108 valence electrons. The zero-order valence-electron chi connectivity index (χ0n) is 8.72. The average molecular weight is 284 g/mol. The third-order valence-electron chi connectivity index (χ3n) is 1.71. The molecule has 0 fully saturated rings. The Morgan fingerprint density at radius 2 is 1.05 bits per heavy atom. The van der Waals surface area contributed by atoms with E-state index in [2.05, 4.69) is 9.97 Å². The minimum atomic E-state index is -3.63. The van der Waals surface area contributed by atoms with Gasteiger partial charge in [-0.1, -0.05) is 0 Å². The lowest BCUT2D eigenvalue weighted by Crippen LogP contribution is -2.46. The molecule has 0 aliphatic heterocycles. The maximum absolute atomic E-state index is 10.9. The molecule has 0 amide bonds. The largest absolute Gasteiger partial charge is 0.559 e. The van der Waals surface area contributed by atoms with E-state index in [9.17, 15) is 15.6 Å². The van der Waals surface area contributed by atoms with Crippen LogP contribution in [0, 0.1) is 15.6 Å². The summed E-state index contributed by atoms with van der Waals surface area (Å²) in [7, 11) is 0. The summed E-state index contributed by atoms with van der Waals surface area (Å²) in [5.41, 5.74) is 2.98. The number of quaternary nitrogens is 3. The van der Waals surface area contributed by atoms with Crippen LogP contribution in [-0.2, 0) is 0 Å². The Bertz CT molecular complexity index is 450. The van der Waals surface area contributed by atoms with E-state index in [1.807, 2.05) is 0 Å².